The molecule has 1 aromatic heterocycles. The van der Waals surface area contributed by atoms with E-state index in [9.17, 15) is 9.18 Å². The smallest absolute Gasteiger partial charge is 0.253 e. The summed E-state index contributed by atoms with van der Waals surface area (Å²) in [5.74, 6) is 0.818. The van der Waals surface area contributed by atoms with Crippen LogP contribution in [-0.2, 0) is 6.54 Å². The van der Waals surface area contributed by atoms with Gasteiger partial charge in [0.05, 0.1) is 24.5 Å². The van der Waals surface area contributed by atoms with Crippen LogP contribution in [0.4, 0.5) is 4.39 Å². The highest BCUT2D eigenvalue weighted by atomic mass is 19.1. The van der Waals surface area contributed by atoms with Crippen LogP contribution < -0.4 is 14.8 Å². The minimum absolute atomic E-state index is 0.227. The molecule has 1 heterocycles. The lowest BCUT2D eigenvalue weighted by Gasteiger charge is -2.13. The standard InChI is InChI=1S/C23H23FN2O3/c1-3-28-21-12-5-16(13-22(21)29-4-2)14-26-23(27)18-8-11-20(25-15-18)17-6-9-19(24)10-7-17/h5-13,15H,3-4,14H2,1-2H3,(H,26,27). The molecule has 2 aromatic carbocycles. The lowest BCUT2D eigenvalue weighted by molar-refractivity contribution is 0.0950. The van der Waals surface area contributed by atoms with E-state index in [1.54, 1.807) is 24.3 Å². The van der Waals surface area contributed by atoms with Crippen LogP contribution in [0, 0.1) is 5.82 Å². The fourth-order valence-corrected chi connectivity index (χ4v) is 2.81. The van der Waals surface area contributed by atoms with Crippen LogP contribution in [0.5, 0.6) is 11.5 Å². The molecule has 0 bridgehead atoms. The third kappa shape index (κ3) is 5.31. The highest BCUT2D eigenvalue weighted by Crippen LogP contribution is 2.28. The zero-order valence-electron chi connectivity index (χ0n) is 16.4. The first-order valence-electron chi connectivity index (χ1n) is 9.49. The van der Waals surface area contributed by atoms with Gasteiger partial charge in [0, 0.05) is 18.3 Å². The molecule has 3 aromatic rings. The normalized spacial score (nSPS) is 10.4. The van der Waals surface area contributed by atoms with Gasteiger partial charge in [0.25, 0.3) is 5.91 Å². The van der Waals surface area contributed by atoms with Gasteiger partial charge < -0.3 is 14.8 Å². The molecule has 150 valence electrons. The minimum Gasteiger partial charge on any atom is -0.490 e. The van der Waals surface area contributed by atoms with Crippen LogP contribution in [0.1, 0.15) is 29.8 Å². The maximum Gasteiger partial charge on any atom is 0.253 e. The number of hydrogen-bond acceptors (Lipinski definition) is 4. The van der Waals surface area contributed by atoms with Gasteiger partial charge in [-0.1, -0.05) is 6.07 Å². The summed E-state index contributed by atoms with van der Waals surface area (Å²) < 4.78 is 24.2. The summed E-state index contributed by atoms with van der Waals surface area (Å²) in [5.41, 5.74) is 2.82. The number of pyridine rings is 1. The molecule has 0 spiro atoms. The molecule has 0 aliphatic carbocycles. The van der Waals surface area contributed by atoms with Crippen LogP contribution >= 0.6 is 0 Å². The maximum atomic E-state index is 13.0. The number of benzene rings is 2. The summed E-state index contributed by atoms with van der Waals surface area (Å²) in [7, 11) is 0. The molecule has 0 atom stereocenters. The van der Waals surface area contributed by atoms with Gasteiger partial charge in [-0.15, -0.1) is 0 Å². The molecule has 29 heavy (non-hydrogen) atoms. The van der Waals surface area contributed by atoms with Crippen molar-refractivity contribution in [3.63, 3.8) is 0 Å². The third-order valence-electron chi connectivity index (χ3n) is 4.23. The Hall–Kier alpha value is -3.41. The average Bonchev–Trinajstić information content (AvgIpc) is 2.74. The highest BCUT2D eigenvalue weighted by molar-refractivity contribution is 5.94. The Morgan fingerprint density at radius 3 is 2.34 bits per heavy atom. The van der Waals surface area contributed by atoms with Crippen molar-refractivity contribution in [2.75, 3.05) is 13.2 Å². The third-order valence-corrected chi connectivity index (χ3v) is 4.23. The van der Waals surface area contributed by atoms with Crippen molar-refractivity contribution in [2.45, 2.75) is 20.4 Å². The predicted molar refractivity (Wildman–Crippen MR) is 110 cm³/mol. The van der Waals surface area contributed by atoms with Crippen LogP contribution in [0.25, 0.3) is 11.3 Å². The van der Waals surface area contributed by atoms with Gasteiger partial charge in [-0.3, -0.25) is 9.78 Å². The van der Waals surface area contributed by atoms with Crippen molar-refractivity contribution in [1.82, 2.24) is 10.3 Å². The molecule has 6 heteroatoms. The topological polar surface area (TPSA) is 60.5 Å². The Morgan fingerprint density at radius 1 is 0.966 bits per heavy atom. The van der Waals surface area contributed by atoms with Crippen molar-refractivity contribution >= 4 is 5.91 Å². The molecular formula is C23H23FN2O3. The number of halogens is 1. The van der Waals surface area contributed by atoms with Crippen molar-refractivity contribution in [2.24, 2.45) is 0 Å². The van der Waals surface area contributed by atoms with Gasteiger partial charge in [-0.2, -0.15) is 0 Å². The van der Waals surface area contributed by atoms with Crippen molar-refractivity contribution in [3.8, 4) is 22.8 Å². The number of carbonyl (C=O) groups excluding carboxylic acids is 1. The van der Waals surface area contributed by atoms with Gasteiger partial charge in [0.2, 0.25) is 0 Å². The van der Waals surface area contributed by atoms with E-state index in [1.807, 2.05) is 32.0 Å². The number of ether oxygens (including phenoxy) is 2. The van der Waals surface area contributed by atoms with Gasteiger partial charge >= 0.3 is 0 Å². The maximum absolute atomic E-state index is 13.0. The Morgan fingerprint density at radius 2 is 1.69 bits per heavy atom. The van der Waals surface area contributed by atoms with E-state index < -0.39 is 0 Å². The Kier molecular flexibility index (Phi) is 6.79. The van der Waals surface area contributed by atoms with Crippen LogP contribution in [0.15, 0.2) is 60.8 Å². The molecule has 0 aliphatic rings. The minimum atomic E-state index is -0.300. The van der Waals surface area contributed by atoms with E-state index in [2.05, 4.69) is 10.3 Å². The summed E-state index contributed by atoms with van der Waals surface area (Å²) >= 11 is 0. The second-order valence-corrected chi connectivity index (χ2v) is 6.27. The molecule has 0 saturated carbocycles. The van der Waals surface area contributed by atoms with Crippen molar-refractivity contribution in [3.05, 3.63) is 77.7 Å². The number of nitrogens with one attached hydrogen (secondary N) is 1. The van der Waals surface area contributed by atoms with Crippen molar-refractivity contribution in [1.29, 1.82) is 0 Å². The summed E-state index contributed by atoms with van der Waals surface area (Å²) in [4.78, 5) is 16.7. The summed E-state index contributed by atoms with van der Waals surface area (Å²) in [6, 6.07) is 15.1. The fourth-order valence-electron chi connectivity index (χ4n) is 2.81. The number of aromatic nitrogens is 1. The number of amides is 1. The summed E-state index contributed by atoms with van der Waals surface area (Å²) in [5, 5.41) is 2.88. The fraction of sp³-hybridized carbons (Fsp3) is 0.217. The Balaban J connectivity index is 1.64. The number of hydrogen-bond donors (Lipinski definition) is 1. The lowest BCUT2D eigenvalue weighted by Crippen LogP contribution is -2.23. The second kappa shape index (κ2) is 9.68. The van der Waals surface area contributed by atoms with E-state index >= 15 is 0 Å². The molecule has 0 radical (unpaired) electrons. The largest absolute Gasteiger partial charge is 0.490 e. The average molecular weight is 394 g/mol. The highest BCUT2D eigenvalue weighted by Gasteiger charge is 2.10. The van der Waals surface area contributed by atoms with E-state index in [-0.39, 0.29) is 11.7 Å². The second-order valence-electron chi connectivity index (χ2n) is 6.27. The number of nitrogens with zero attached hydrogens (tertiary/aromatic N) is 1. The first kappa shape index (κ1) is 20.3. The van der Waals surface area contributed by atoms with Gasteiger partial charge in [0.15, 0.2) is 11.5 Å². The SMILES string of the molecule is CCOc1ccc(CNC(=O)c2ccc(-c3ccc(F)cc3)nc2)cc1OCC. The molecular weight excluding hydrogens is 371 g/mol. The molecule has 0 fully saturated rings. The van der Waals surface area contributed by atoms with Gasteiger partial charge in [-0.25, -0.2) is 4.39 Å². The molecule has 1 N–H and O–H groups in total. The quantitative estimate of drug-likeness (QED) is 0.606. The first-order chi connectivity index (χ1) is 14.1. The Bertz CT molecular complexity index is 957. The van der Waals surface area contributed by atoms with Gasteiger partial charge in [-0.05, 0) is 67.9 Å². The van der Waals surface area contributed by atoms with E-state index in [1.165, 1.54) is 18.3 Å². The zero-order valence-corrected chi connectivity index (χ0v) is 16.4. The van der Waals surface area contributed by atoms with Gasteiger partial charge in [0.1, 0.15) is 5.82 Å². The summed E-state index contributed by atoms with van der Waals surface area (Å²) in [6.07, 6.45) is 1.51. The number of rotatable bonds is 8. The molecule has 3 rings (SSSR count). The lowest BCUT2D eigenvalue weighted by atomic mass is 10.1. The van der Waals surface area contributed by atoms with Crippen LogP contribution in [-0.4, -0.2) is 24.1 Å². The monoisotopic (exact) mass is 394 g/mol. The molecule has 1 amide bonds. The predicted octanol–water partition coefficient (Wildman–Crippen LogP) is 4.62. The van der Waals surface area contributed by atoms with E-state index in [0.29, 0.717) is 42.5 Å². The van der Waals surface area contributed by atoms with Crippen LogP contribution in [0.3, 0.4) is 0 Å². The van der Waals surface area contributed by atoms with E-state index in [4.69, 9.17) is 9.47 Å². The molecule has 0 saturated heterocycles. The molecule has 0 unspecified atom stereocenters. The number of carbonyl (C=O) groups is 1. The van der Waals surface area contributed by atoms with Crippen molar-refractivity contribution < 1.29 is 18.7 Å². The first-order valence-corrected chi connectivity index (χ1v) is 9.49. The zero-order chi connectivity index (χ0) is 20.6. The Labute approximate surface area is 169 Å². The molecule has 5 nitrogen and oxygen atoms in total. The molecule has 0 aliphatic heterocycles. The summed E-state index contributed by atoms with van der Waals surface area (Å²) in [6.45, 7) is 5.26. The van der Waals surface area contributed by atoms with E-state index in [0.717, 1.165) is 11.1 Å². The van der Waals surface area contributed by atoms with Crippen LogP contribution in [0.2, 0.25) is 0 Å².